The maximum atomic E-state index is 12.4. The first-order valence-corrected chi connectivity index (χ1v) is 6.00. The standard InChI is InChI=1S/C12H14N6O/c13-16-10-7-9(1-2-14-10)12(19)18-6-5-17-4-3-15-11(17)8-18/h1-4,7H,5-6,8,13H2,(H,14,16). The van der Waals surface area contributed by atoms with Crippen LogP contribution in [0.4, 0.5) is 5.82 Å². The van der Waals surface area contributed by atoms with Crippen molar-refractivity contribution in [3.05, 3.63) is 42.1 Å². The first-order chi connectivity index (χ1) is 9.28. The third-order valence-electron chi connectivity index (χ3n) is 3.19. The summed E-state index contributed by atoms with van der Waals surface area (Å²) < 4.78 is 2.06. The lowest BCUT2D eigenvalue weighted by Gasteiger charge is -2.27. The van der Waals surface area contributed by atoms with Crippen LogP contribution in [0.15, 0.2) is 30.7 Å². The van der Waals surface area contributed by atoms with Gasteiger partial charge in [0.2, 0.25) is 0 Å². The SMILES string of the molecule is NNc1cc(C(=O)N2CCn3ccnc3C2)ccn1. The second kappa shape index (κ2) is 4.69. The molecule has 0 unspecified atom stereocenters. The fourth-order valence-electron chi connectivity index (χ4n) is 2.17. The van der Waals surface area contributed by atoms with Gasteiger partial charge in [-0.05, 0) is 12.1 Å². The van der Waals surface area contributed by atoms with Gasteiger partial charge >= 0.3 is 0 Å². The van der Waals surface area contributed by atoms with Gasteiger partial charge in [-0.3, -0.25) is 4.79 Å². The zero-order valence-electron chi connectivity index (χ0n) is 10.3. The van der Waals surface area contributed by atoms with Crippen LogP contribution in [0.3, 0.4) is 0 Å². The number of hydrogen-bond donors (Lipinski definition) is 2. The molecular formula is C12H14N6O. The fourth-order valence-corrected chi connectivity index (χ4v) is 2.17. The highest BCUT2D eigenvalue weighted by molar-refractivity contribution is 5.94. The van der Waals surface area contributed by atoms with Crippen LogP contribution in [0, 0.1) is 0 Å². The molecule has 2 aromatic heterocycles. The van der Waals surface area contributed by atoms with Crippen LogP contribution in [-0.4, -0.2) is 31.9 Å². The lowest BCUT2D eigenvalue weighted by atomic mass is 10.2. The van der Waals surface area contributed by atoms with E-state index in [0.29, 0.717) is 24.5 Å². The van der Waals surface area contributed by atoms with E-state index in [9.17, 15) is 4.79 Å². The Morgan fingerprint density at radius 1 is 1.32 bits per heavy atom. The van der Waals surface area contributed by atoms with Crippen molar-refractivity contribution in [3.63, 3.8) is 0 Å². The van der Waals surface area contributed by atoms with Gasteiger partial charge in [0, 0.05) is 37.2 Å². The minimum absolute atomic E-state index is 0.0341. The van der Waals surface area contributed by atoms with Crippen molar-refractivity contribution < 1.29 is 4.79 Å². The lowest BCUT2D eigenvalue weighted by molar-refractivity contribution is 0.0707. The number of aromatic nitrogens is 3. The van der Waals surface area contributed by atoms with Gasteiger partial charge in [0.1, 0.15) is 11.6 Å². The lowest BCUT2D eigenvalue weighted by Crippen LogP contribution is -2.38. The summed E-state index contributed by atoms with van der Waals surface area (Å²) in [6, 6.07) is 3.33. The van der Waals surface area contributed by atoms with Crippen molar-refractivity contribution in [2.24, 2.45) is 5.84 Å². The molecule has 1 aliphatic heterocycles. The number of hydrogen-bond acceptors (Lipinski definition) is 5. The fraction of sp³-hybridized carbons (Fsp3) is 0.250. The molecule has 1 amide bonds. The smallest absolute Gasteiger partial charge is 0.254 e. The van der Waals surface area contributed by atoms with Crippen molar-refractivity contribution in [3.8, 4) is 0 Å². The van der Waals surface area contributed by atoms with Gasteiger partial charge in [-0.1, -0.05) is 0 Å². The van der Waals surface area contributed by atoms with E-state index < -0.39 is 0 Å². The van der Waals surface area contributed by atoms with E-state index in [0.717, 1.165) is 12.4 Å². The summed E-state index contributed by atoms with van der Waals surface area (Å²) in [4.78, 5) is 22.4. The minimum atomic E-state index is -0.0341. The number of imidazole rings is 1. The number of carbonyl (C=O) groups is 1. The summed E-state index contributed by atoms with van der Waals surface area (Å²) in [5.74, 6) is 6.65. The molecule has 0 bridgehead atoms. The highest BCUT2D eigenvalue weighted by Crippen LogP contribution is 2.15. The molecule has 19 heavy (non-hydrogen) atoms. The topological polar surface area (TPSA) is 89.1 Å². The number of anilines is 1. The first-order valence-electron chi connectivity index (χ1n) is 6.00. The van der Waals surface area contributed by atoms with E-state index in [2.05, 4.69) is 20.0 Å². The molecule has 98 valence electrons. The molecule has 0 radical (unpaired) electrons. The predicted molar refractivity (Wildman–Crippen MR) is 69.0 cm³/mol. The number of nitrogen functional groups attached to an aromatic ring is 1. The van der Waals surface area contributed by atoms with E-state index in [4.69, 9.17) is 5.84 Å². The van der Waals surface area contributed by atoms with Crippen LogP contribution in [0.5, 0.6) is 0 Å². The van der Waals surface area contributed by atoms with Gasteiger partial charge in [-0.2, -0.15) is 0 Å². The minimum Gasteiger partial charge on any atom is -0.332 e. The largest absolute Gasteiger partial charge is 0.332 e. The number of fused-ring (bicyclic) bond motifs is 1. The number of carbonyl (C=O) groups excluding carboxylic acids is 1. The third-order valence-corrected chi connectivity index (χ3v) is 3.19. The Labute approximate surface area is 110 Å². The maximum Gasteiger partial charge on any atom is 0.254 e. The van der Waals surface area contributed by atoms with Crippen LogP contribution >= 0.6 is 0 Å². The molecular weight excluding hydrogens is 244 g/mol. The summed E-state index contributed by atoms with van der Waals surface area (Å²) in [6.07, 6.45) is 5.25. The van der Waals surface area contributed by atoms with E-state index >= 15 is 0 Å². The summed E-state index contributed by atoms with van der Waals surface area (Å²) in [6.45, 7) is 1.98. The Balaban J connectivity index is 1.81. The highest BCUT2D eigenvalue weighted by Gasteiger charge is 2.22. The quantitative estimate of drug-likeness (QED) is 0.594. The van der Waals surface area contributed by atoms with Crippen molar-refractivity contribution >= 4 is 11.7 Å². The Morgan fingerprint density at radius 2 is 2.21 bits per heavy atom. The molecule has 3 heterocycles. The zero-order valence-corrected chi connectivity index (χ0v) is 10.3. The van der Waals surface area contributed by atoms with Crippen LogP contribution in [0.2, 0.25) is 0 Å². The van der Waals surface area contributed by atoms with Crippen LogP contribution in [0.1, 0.15) is 16.2 Å². The second-order valence-electron chi connectivity index (χ2n) is 4.34. The average molecular weight is 258 g/mol. The summed E-state index contributed by atoms with van der Waals surface area (Å²) >= 11 is 0. The molecule has 7 heteroatoms. The van der Waals surface area contributed by atoms with Crippen molar-refractivity contribution in [2.45, 2.75) is 13.1 Å². The monoisotopic (exact) mass is 258 g/mol. The molecule has 0 saturated heterocycles. The van der Waals surface area contributed by atoms with Crippen LogP contribution < -0.4 is 11.3 Å². The Bertz CT molecular complexity index is 608. The first kappa shape index (κ1) is 11.7. The molecule has 0 atom stereocenters. The maximum absolute atomic E-state index is 12.4. The van der Waals surface area contributed by atoms with Gasteiger partial charge in [-0.25, -0.2) is 15.8 Å². The molecule has 0 aromatic carbocycles. The van der Waals surface area contributed by atoms with Crippen molar-refractivity contribution in [1.82, 2.24) is 19.4 Å². The van der Waals surface area contributed by atoms with Gasteiger partial charge in [0.15, 0.2) is 0 Å². The molecule has 7 nitrogen and oxygen atoms in total. The molecule has 3 N–H and O–H groups in total. The molecule has 3 rings (SSSR count). The summed E-state index contributed by atoms with van der Waals surface area (Å²) in [5, 5.41) is 0. The van der Waals surface area contributed by atoms with Crippen LogP contribution in [-0.2, 0) is 13.1 Å². The highest BCUT2D eigenvalue weighted by atomic mass is 16.2. The van der Waals surface area contributed by atoms with Gasteiger partial charge < -0.3 is 14.9 Å². The second-order valence-corrected chi connectivity index (χ2v) is 4.34. The molecule has 2 aromatic rings. The average Bonchev–Trinajstić information content (AvgIpc) is 2.94. The number of hydrazine groups is 1. The Kier molecular flexibility index (Phi) is 2.88. The van der Waals surface area contributed by atoms with Gasteiger partial charge in [0.25, 0.3) is 5.91 Å². The summed E-state index contributed by atoms with van der Waals surface area (Å²) in [5.41, 5.74) is 3.01. The number of amides is 1. The number of nitrogens with zero attached hydrogens (tertiary/aromatic N) is 4. The predicted octanol–water partition coefficient (Wildman–Crippen LogP) is 0.220. The van der Waals surface area contributed by atoms with Crippen molar-refractivity contribution in [1.29, 1.82) is 0 Å². The van der Waals surface area contributed by atoms with Crippen LogP contribution in [0.25, 0.3) is 0 Å². The van der Waals surface area contributed by atoms with E-state index in [-0.39, 0.29) is 5.91 Å². The van der Waals surface area contributed by atoms with Gasteiger partial charge in [-0.15, -0.1) is 0 Å². The van der Waals surface area contributed by atoms with Gasteiger partial charge in [0.05, 0.1) is 6.54 Å². The number of nitrogens with one attached hydrogen (secondary N) is 1. The molecule has 0 spiro atoms. The van der Waals surface area contributed by atoms with Crippen molar-refractivity contribution in [2.75, 3.05) is 12.0 Å². The normalized spacial score (nSPS) is 14.1. The third kappa shape index (κ3) is 2.15. The van der Waals surface area contributed by atoms with E-state index in [1.165, 1.54) is 0 Å². The molecule has 1 aliphatic rings. The van der Waals surface area contributed by atoms with E-state index in [1.807, 2.05) is 6.20 Å². The number of pyridine rings is 1. The molecule has 0 aliphatic carbocycles. The zero-order chi connectivity index (χ0) is 13.2. The molecule has 0 saturated carbocycles. The number of rotatable bonds is 2. The number of nitrogens with two attached hydrogens (primary N) is 1. The Morgan fingerprint density at radius 3 is 3.05 bits per heavy atom. The Hall–Kier alpha value is -2.41. The molecule has 0 fully saturated rings. The van der Waals surface area contributed by atoms with E-state index in [1.54, 1.807) is 29.4 Å². The summed E-state index contributed by atoms with van der Waals surface area (Å²) in [7, 11) is 0.